The second-order valence-corrected chi connectivity index (χ2v) is 5.40. The van der Waals surface area contributed by atoms with Gasteiger partial charge in [0.25, 0.3) is 0 Å². The average molecular weight is 260 g/mol. The number of hydrogen-bond donors (Lipinski definition) is 0. The number of rotatable bonds is 5. The maximum Gasteiger partial charge on any atom is 0.0642 e. The molecular weight excluding hydrogens is 236 g/mol. The molecule has 0 unspecified atom stereocenters. The summed E-state index contributed by atoms with van der Waals surface area (Å²) >= 11 is 0. The summed E-state index contributed by atoms with van der Waals surface area (Å²) in [5.74, 6) is 0. The van der Waals surface area contributed by atoms with E-state index in [0.717, 1.165) is 39.4 Å². The molecule has 19 heavy (non-hydrogen) atoms. The molecule has 0 bridgehead atoms. The first-order chi connectivity index (χ1) is 9.15. The van der Waals surface area contributed by atoms with E-state index in [-0.39, 0.29) is 0 Å². The summed E-state index contributed by atoms with van der Waals surface area (Å²) in [6.07, 6.45) is 0. The molecule has 0 aliphatic carbocycles. The van der Waals surface area contributed by atoms with Crippen LogP contribution in [0.5, 0.6) is 0 Å². The Labute approximate surface area is 116 Å². The minimum absolute atomic E-state index is 0.836. The number of nitrogens with zero attached hydrogens (tertiary/aromatic N) is 2. The number of likely N-dealkylation sites (N-methyl/N-ethyl adjacent to an activating group) is 1. The first-order valence-corrected chi connectivity index (χ1v) is 6.90. The normalized spacial score (nSPS) is 15.8. The fourth-order valence-corrected chi connectivity index (χ4v) is 2.46. The predicted octanol–water partition coefficient (Wildman–Crippen LogP) is 2.53. The van der Waals surface area contributed by atoms with Crippen LogP contribution in [0.3, 0.4) is 0 Å². The highest BCUT2D eigenvalue weighted by Crippen LogP contribution is 2.17. The van der Waals surface area contributed by atoms with Gasteiger partial charge in [0.15, 0.2) is 0 Å². The minimum Gasteiger partial charge on any atom is -0.378 e. The summed E-state index contributed by atoms with van der Waals surface area (Å²) in [5, 5.41) is 0. The Bertz CT molecular complexity index is 407. The lowest BCUT2D eigenvalue weighted by Gasteiger charge is -2.29. The Morgan fingerprint density at radius 1 is 1.26 bits per heavy atom. The van der Waals surface area contributed by atoms with Gasteiger partial charge in [-0.3, -0.25) is 4.90 Å². The topological polar surface area (TPSA) is 15.7 Å². The zero-order valence-electron chi connectivity index (χ0n) is 12.1. The maximum absolute atomic E-state index is 5.38. The smallest absolute Gasteiger partial charge is 0.0642 e. The largest absolute Gasteiger partial charge is 0.378 e. The Kier molecular flexibility index (Phi) is 5.00. The summed E-state index contributed by atoms with van der Waals surface area (Å²) in [6, 6.07) is 8.88. The summed E-state index contributed by atoms with van der Waals surface area (Å²) in [4.78, 5) is 4.66. The van der Waals surface area contributed by atoms with Crippen LogP contribution in [0.25, 0.3) is 0 Å². The number of benzene rings is 1. The molecule has 2 rings (SSSR count). The fourth-order valence-electron chi connectivity index (χ4n) is 2.46. The highest BCUT2D eigenvalue weighted by atomic mass is 16.5. The van der Waals surface area contributed by atoms with E-state index >= 15 is 0 Å². The molecule has 3 nitrogen and oxygen atoms in total. The van der Waals surface area contributed by atoms with Gasteiger partial charge in [-0.2, -0.15) is 0 Å². The molecular formula is C16H24N2O. The molecule has 104 valence electrons. The Morgan fingerprint density at radius 2 is 1.89 bits per heavy atom. The Morgan fingerprint density at radius 3 is 2.47 bits per heavy atom. The number of anilines is 1. The summed E-state index contributed by atoms with van der Waals surface area (Å²) < 4.78 is 5.38. The second kappa shape index (κ2) is 6.73. The van der Waals surface area contributed by atoms with Crippen molar-refractivity contribution in [3.8, 4) is 0 Å². The van der Waals surface area contributed by atoms with Gasteiger partial charge in [0.05, 0.1) is 13.2 Å². The molecule has 1 aliphatic rings. The lowest BCUT2D eigenvalue weighted by Crippen LogP contribution is -2.36. The molecule has 1 saturated heterocycles. The summed E-state index contributed by atoms with van der Waals surface area (Å²) in [5.41, 5.74) is 3.85. The van der Waals surface area contributed by atoms with Crippen LogP contribution in [-0.4, -0.2) is 44.8 Å². The van der Waals surface area contributed by atoms with Crippen LogP contribution in [0.2, 0.25) is 0 Å². The van der Waals surface area contributed by atoms with Gasteiger partial charge in [0.2, 0.25) is 0 Å². The molecule has 0 spiro atoms. The maximum atomic E-state index is 5.38. The van der Waals surface area contributed by atoms with Gasteiger partial charge in [0.1, 0.15) is 0 Å². The Hall–Kier alpha value is -1.32. The molecule has 3 heteroatoms. The third kappa shape index (κ3) is 4.37. The number of hydrogen-bond acceptors (Lipinski definition) is 3. The fraction of sp³-hybridized carbons (Fsp3) is 0.500. The van der Waals surface area contributed by atoms with Crippen molar-refractivity contribution in [3.05, 3.63) is 42.0 Å². The van der Waals surface area contributed by atoms with Crippen molar-refractivity contribution in [2.24, 2.45) is 0 Å². The van der Waals surface area contributed by atoms with Crippen molar-refractivity contribution < 1.29 is 4.74 Å². The van der Waals surface area contributed by atoms with E-state index in [2.05, 4.69) is 54.6 Å². The predicted molar refractivity (Wildman–Crippen MR) is 80.6 cm³/mol. The minimum atomic E-state index is 0.836. The lowest BCUT2D eigenvalue weighted by molar-refractivity contribution is 0.122. The third-order valence-electron chi connectivity index (χ3n) is 3.30. The van der Waals surface area contributed by atoms with Crippen LogP contribution >= 0.6 is 0 Å². The summed E-state index contributed by atoms with van der Waals surface area (Å²) in [7, 11) is 2.13. The molecule has 0 N–H and O–H groups in total. The van der Waals surface area contributed by atoms with Crippen LogP contribution in [0.1, 0.15) is 12.5 Å². The first-order valence-electron chi connectivity index (χ1n) is 6.90. The van der Waals surface area contributed by atoms with Crippen molar-refractivity contribution in [2.45, 2.75) is 13.5 Å². The number of ether oxygens (including phenoxy) is 1. The molecule has 0 amide bonds. The molecule has 0 atom stereocenters. The van der Waals surface area contributed by atoms with Crippen LogP contribution in [0, 0.1) is 0 Å². The van der Waals surface area contributed by atoms with Gasteiger partial charge in [-0.1, -0.05) is 24.3 Å². The van der Waals surface area contributed by atoms with E-state index in [1.807, 2.05) is 0 Å². The van der Waals surface area contributed by atoms with Crippen molar-refractivity contribution in [1.29, 1.82) is 0 Å². The van der Waals surface area contributed by atoms with E-state index in [4.69, 9.17) is 4.74 Å². The van der Waals surface area contributed by atoms with E-state index in [1.165, 1.54) is 16.8 Å². The van der Waals surface area contributed by atoms with E-state index < -0.39 is 0 Å². The molecule has 1 aliphatic heterocycles. The van der Waals surface area contributed by atoms with Crippen molar-refractivity contribution >= 4 is 5.69 Å². The Balaban J connectivity index is 1.92. The molecule has 1 aromatic rings. The second-order valence-electron chi connectivity index (χ2n) is 5.40. The molecule has 0 radical (unpaired) electrons. The van der Waals surface area contributed by atoms with Crippen LogP contribution in [0.4, 0.5) is 5.69 Å². The van der Waals surface area contributed by atoms with Crippen LogP contribution in [0.15, 0.2) is 36.4 Å². The third-order valence-corrected chi connectivity index (χ3v) is 3.30. The van der Waals surface area contributed by atoms with Gasteiger partial charge < -0.3 is 9.64 Å². The van der Waals surface area contributed by atoms with Crippen molar-refractivity contribution in [3.63, 3.8) is 0 Å². The van der Waals surface area contributed by atoms with Gasteiger partial charge in [-0.15, -0.1) is 0 Å². The zero-order chi connectivity index (χ0) is 13.7. The van der Waals surface area contributed by atoms with Crippen LogP contribution < -0.4 is 4.90 Å². The van der Waals surface area contributed by atoms with Crippen molar-refractivity contribution in [2.75, 3.05) is 44.8 Å². The summed E-state index contributed by atoms with van der Waals surface area (Å²) in [6.45, 7) is 11.6. The van der Waals surface area contributed by atoms with Crippen molar-refractivity contribution in [1.82, 2.24) is 4.90 Å². The monoisotopic (exact) mass is 260 g/mol. The van der Waals surface area contributed by atoms with Gasteiger partial charge in [0, 0.05) is 31.9 Å². The zero-order valence-corrected chi connectivity index (χ0v) is 12.1. The molecule has 0 saturated carbocycles. The first kappa shape index (κ1) is 14.1. The van der Waals surface area contributed by atoms with Crippen LogP contribution in [-0.2, 0) is 11.3 Å². The van der Waals surface area contributed by atoms with Gasteiger partial charge in [-0.25, -0.2) is 0 Å². The molecule has 0 aromatic heterocycles. The van der Waals surface area contributed by atoms with E-state index in [1.54, 1.807) is 0 Å². The van der Waals surface area contributed by atoms with E-state index in [9.17, 15) is 0 Å². The molecule has 1 heterocycles. The molecule has 1 fully saturated rings. The lowest BCUT2D eigenvalue weighted by atomic mass is 10.1. The molecule has 1 aromatic carbocycles. The SMILES string of the molecule is C=C(C)CN(C)Cc1ccc(N2CCOCC2)cc1. The average Bonchev–Trinajstić information content (AvgIpc) is 2.39. The quantitative estimate of drug-likeness (QED) is 0.757. The number of morpholine rings is 1. The van der Waals surface area contributed by atoms with Gasteiger partial charge in [-0.05, 0) is 31.7 Å². The standard InChI is InChI=1S/C16H24N2O/c1-14(2)12-17(3)13-15-4-6-16(7-5-15)18-8-10-19-11-9-18/h4-7H,1,8-13H2,2-3H3. The highest BCUT2D eigenvalue weighted by Gasteiger charge is 2.10. The van der Waals surface area contributed by atoms with Gasteiger partial charge >= 0.3 is 0 Å². The van der Waals surface area contributed by atoms with E-state index in [0.29, 0.717) is 0 Å². The highest BCUT2D eigenvalue weighted by molar-refractivity contribution is 5.47.